The second-order valence-electron chi connectivity index (χ2n) is 5.97. The van der Waals surface area contributed by atoms with Crippen molar-refractivity contribution in [2.24, 2.45) is 5.92 Å². The van der Waals surface area contributed by atoms with E-state index < -0.39 is 24.7 Å². The molecule has 1 fully saturated rings. The molecule has 1 N–H and O–H groups in total. The number of hydrogen-bond donors (Lipinski definition) is 1. The Morgan fingerprint density at radius 3 is 2.38 bits per heavy atom. The zero-order valence-corrected chi connectivity index (χ0v) is 12.7. The molecule has 2 unspecified atom stereocenters. The summed E-state index contributed by atoms with van der Waals surface area (Å²) in [4.78, 5) is 25.6. The van der Waals surface area contributed by atoms with Crippen LogP contribution in [0.3, 0.4) is 0 Å². The van der Waals surface area contributed by atoms with Crippen molar-refractivity contribution in [3.63, 3.8) is 0 Å². The van der Waals surface area contributed by atoms with E-state index in [1.807, 2.05) is 13.8 Å². The fraction of sp³-hybridized carbons (Fsp3) is 0.857. The number of piperazine rings is 1. The number of rotatable bonds is 6. The Morgan fingerprint density at radius 2 is 1.86 bits per heavy atom. The third-order valence-corrected chi connectivity index (χ3v) is 3.56. The molecule has 0 saturated carbocycles. The van der Waals surface area contributed by atoms with E-state index in [0.29, 0.717) is 6.42 Å². The van der Waals surface area contributed by atoms with Gasteiger partial charge in [-0.3, -0.25) is 9.59 Å². The maximum absolute atomic E-state index is 12.3. The summed E-state index contributed by atoms with van der Waals surface area (Å²) in [5, 5.41) is 2.68. The summed E-state index contributed by atoms with van der Waals surface area (Å²) in [5.41, 5.74) is 0. The molecule has 1 saturated heterocycles. The number of nitrogens with zero attached hydrogens (tertiary/aromatic N) is 1. The highest BCUT2D eigenvalue weighted by Gasteiger charge is 2.37. The zero-order valence-electron chi connectivity index (χ0n) is 12.7. The minimum absolute atomic E-state index is 0.0313. The Balaban J connectivity index is 2.56. The summed E-state index contributed by atoms with van der Waals surface area (Å²) in [5.74, 6) is -0.182. The van der Waals surface area contributed by atoms with Gasteiger partial charge < -0.3 is 10.2 Å². The van der Waals surface area contributed by atoms with Gasteiger partial charge in [-0.15, -0.1) is 0 Å². The molecule has 1 rings (SSSR count). The van der Waals surface area contributed by atoms with E-state index in [9.17, 15) is 22.8 Å². The van der Waals surface area contributed by atoms with Crippen molar-refractivity contribution in [2.45, 2.75) is 64.7 Å². The van der Waals surface area contributed by atoms with Gasteiger partial charge in [0.2, 0.25) is 11.8 Å². The lowest BCUT2D eigenvalue weighted by atomic mass is 9.98. The SMILES string of the molecule is CC(C)CC1NC(=O)C(C)N(CCCCC(F)(F)F)C1=O. The molecular formula is C14H23F3N2O2. The van der Waals surface area contributed by atoms with Crippen molar-refractivity contribution in [1.29, 1.82) is 0 Å². The van der Waals surface area contributed by atoms with Gasteiger partial charge in [-0.25, -0.2) is 0 Å². The van der Waals surface area contributed by atoms with E-state index >= 15 is 0 Å². The molecule has 122 valence electrons. The highest BCUT2D eigenvalue weighted by Crippen LogP contribution is 2.23. The largest absolute Gasteiger partial charge is 0.389 e. The molecule has 0 aromatic rings. The van der Waals surface area contributed by atoms with Gasteiger partial charge in [0.1, 0.15) is 12.1 Å². The van der Waals surface area contributed by atoms with Crippen LogP contribution in [0.1, 0.15) is 46.5 Å². The number of unbranched alkanes of at least 4 members (excludes halogenated alkanes) is 1. The monoisotopic (exact) mass is 308 g/mol. The summed E-state index contributed by atoms with van der Waals surface area (Å²) in [6.07, 6.45) is -4.27. The number of amides is 2. The smallest absolute Gasteiger partial charge is 0.343 e. The summed E-state index contributed by atoms with van der Waals surface area (Å²) < 4.78 is 36.3. The van der Waals surface area contributed by atoms with Crippen molar-refractivity contribution in [1.82, 2.24) is 10.2 Å². The highest BCUT2D eigenvalue weighted by atomic mass is 19.4. The van der Waals surface area contributed by atoms with E-state index in [4.69, 9.17) is 0 Å². The van der Waals surface area contributed by atoms with Crippen LogP contribution in [-0.2, 0) is 9.59 Å². The van der Waals surface area contributed by atoms with E-state index in [1.165, 1.54) is 4.90 Å². The van der Waals surface area contributed by atoms with Gasteiger partial charge in [0.15, 0.2) is 0 Å². The Bertz CT molecular complexity index is 383. The van der Waals surface area contributed by atoms with Crippen LogP contribution >= 0.6 is 0 Å². The number of carbonyl (C=O) groups excluding carboxylic acids is 2. The molecule has 1 heterocycles. The van der Waals surface area contributed by atoms with Crippen LogP contribution in [0.4, 0.5) is 13.2 Å². The Hall–Kier alpha value is -1.27. The summed E-state index contributed by atoms with van der Waals surface area (Å²) in [6.45, 7) is 5.69. The van der Waals surface area contributed by atoms with Gasteiger partial charge in [-0.2, -0.15) is 13.2 Å². The predicted molar refractivity (Wildman–Crippen MR) is 72.5 cm³/mol. The Labute approximate surface area is 123 Å². The third-order valence-electron chi connectivity index (χ3n) is 3.56. The Kier molecular flexibility index (Phi) is 6.04. The average molecular weight is 308 g/mol. The van der Waals surface area contributed by atoms with Gasteiger partial charge >= 0.3 is 6.18 Å². The number of halogens is 3. The van der Waals surface area contributed by atoms with Crippen LogP contribution in [0.25, 0.3) is 0 Å². The molecule has 2 amide bonds. The first-order valence-electron chi connectivity index (χ1n) is 7.29. The molecule has 0 aromatic heterocycles. The van der Waals surface area contributed by atoms with Gasteiger partial charge in [-0.05, 0) is 32.1 Å². The minimum Gasteiger partial charge on any atom is -0.343 e. The lowest BCUT2D eigenvalue weighted by Crippen LogP contribution is -2.62. The lowest BCUT2D eigenvalue weighted by Gasteiger charge is -2.38. The second kappa shape index (κ2) is 7.13. The number of nitrogens with one attached hydrogen (secondary N) is 1. The number of alkyl halides is 3. The van der Waals surface area contributed by atoms with Crippen molar-refractivity contribution in [3.8, 4) is 0 Å². The molecule has 0 bridgehead atoms. The van der Waals surface area contributed by atoms with E-state index in [2.05, 4.69) is 5.32 Å². The first-order valence-corrected chi connectivity index (χ1v) is 7.29. The summed E-state index contributed by atoms with van der Waals surface area (Å²) in [7, 11) is 0. The molecule has 1 aliphatic rings. The van der Waals surface area contributed by atoms with Crippen LogP contribution in [0.15, 0.2) is 0 Å². The van der Waals surface area contributed by atoms with Crippen LogP contribution < -0.4 is 5.32 Å². The summed E-state index contributed by atoms with van der Waals surface area (Å²) in [6, 6.07) is -1.18. The molecule has 0 radical (unpaired) electrons. The average Bonchev–Trinajstić information content (AvgIpc) is 2.33. The van der Waals surface area contributed by atoms with Crippen molar-refractivity contribution in [3.05, 3.63) is 0 Å². The van der Waals surface area contributed by atoms with Crippen molar-refractivity contribution >= 4 is 11.8 Å². The molecule has 1 aliphatic heterocycles. The molecule has 21 heavy (non-hydrogen) atoms. The third kappa shape index (κ3) is 5.55. The first-order chi connectivity index (χ1) is 9.61. The van der Waals surface area contributed by atoms with Crippen molar-refractivity contribution in [2.75, 3.05) is 6.54 Å². The first kappa shape index (κ1) is 17.8. The van der Waals surface area contributed by atoms with Gasteiger partial charge in [-0.1, -0.05) is 13.8 Å². The predicted octanol–water partition coefficient (Wildman–Crippen LogP) is 2.48. The van der Waals surface area contributed by atoms with Gasteiger partial charge in [0.25, 0.3) is 0 Å². The second-order valence-corrected chi connectivity index (χ2v) is 5.97. The molecule has 7 heteroatoms. The maximum atomic E-state index is 12.3. The molecule has 2 atom stereocenters. The Morgan fingerprint density at radius 1 is 1.24 bits per heavy atom. The molecule has 0 spiro atoms. The van der Waals surface area contributed by atoms with Crippen molar-refractivity contribution < 1.29 is 22.8 Å². The van der Waals surface area contributed by atoms with Crippen LogP contribution in [0.2, 0.25) is 0 Å². The quantitative estimate of drug-likeness (QED) is 0.766. The van der Waals surface area contributed by atoms with Crippen LogP contribution in [0, 0.1) is 5.92 Å². The molecule has 0 aliphatic carbocycles. The number of hydrogen-bond acceptors (Lipinski definition) is 2. The zero-order chi connectivity index (χ0) is 16.2. The fourth-order valence-electron chi connectivity index (χ4n) is 2.43. The van der Waals surface area contributed by atoms with E-state index in [1.54, 1.807) is 6.92 Å². The topological polar surface area (TPSA) is 49.4 Å². The summed E-state index contributed by atoms with van der Waals surface area (Å²) >= 11 is 0. The molecule has 0 aromatic carbocycles. The fourth-order valence-corrected chi connectivity index (χ4v) is 2.43. The standard InChI is InChI=1S/C14H23F3N2O2/c1-9(2)8-11-13(21)19(10(3)12(20)18-11)7-5-4-6-14(15,16)17/h9-11H,4-8H2,1-3H3,(H,18,20). The molecule has 4 nitrogen and oxygen atoms in total. The van der Waals surface area contributed by atoms with Gasteiger partial charge in [0.05, 0.1) is 0 Å². The van der Waals surface area contributed by atoms with Crippen LogP contribution in [0.5, 0.6) is 0 Å². The number of carbonyl (C=O) groups is 2. The van der Waals surface area contributed by atoms with Gasteiger partial charge in [0, 0.05) is 13.0 Å². The lowest BCUT2D eigenvalue weighted by molar-refractivity contribution is -0.149. The van der Waals surface area contributed by atoms with E-state index in [-0.39, 0.29) is 37.1 Å². The minimum atomic E-state index is -4.17. The molecular weight excluding hydrogens is 285 g/mol. The maximum Gasteiger partial charge on any atom is 0.389 e. The normalized spacial score (nSPS) is 23.7. The highest BCUT2D eigenvalue weighted by molar-refractivity contribution is 5.96. The van der Waals surface area contributed by atoms with Crippen LogP contribution in [-0.4, -0.2) is 41.5 Å². The van der Waals surface area contributed by atoms with E-state index in [0.717, 1.165) is 0 Å².